The predicted octanol–water partition coefficient (Wildman–Crippen LogP) is 2.08. The predicted molar refractivity (Wildman–Crippen MR) is 141 cm³/mol. The third-order valence-corrected chi connectivity index (χ3v) is 7.31. The smallest absolute Gasteiger partial charge is 0.321 e. The SMILES string of the molecule is Cc1ccc(CN)c(CCC(=O)CNC(=O)C(CCc2ccccn2)CS(=O)(=O)CC(=O)OC(C)C)c1. The van der Waals surface area contributed by atoms with Crippen LogP contribution in [0.4, 0.5) is 0 Å². The summed E-state index contributed by atoms with van der Waals surface area (Å²) in [4.78, 5) is 41.6. The number of aromatic nitrogens is 1. The van der Waals surface area contributed by atoms with E-state index >= 15 is 0 Å². The van der Waals surface area contributed by atoms with Crippen molar-refractivity contribution in [3.63, 3.8) is 0 Å². The van der Waals surface area contributed by atoms with E-state index in [2.05, 4.69) is 10.3 Å². The Balaban J connectivity index is 2.00. The Morgan fingerprint density at radius 1 is 1.08 bits per heavy atom. The number of esters is 1. The van der Waals surface area contributed by atoms with E-state index in [4.69, 9.17) is 10.5 Å². The van der Waals surface area contributed by atoms with Crippen molar-refractivity contribution in [1.82, 2.24) is 10.3 Å². The molecule has 1 atom stereocenters. The lowest BCUT2D eigenvalue weighted by Crippen LogP contribution is -2.39. The van der Waals surface area contributed by atoms with Crippen LogP contribution in [0.5, 0.6) is 0 Å². The zero-order valence-electron chi connectivity index (χ0n) is 21.7. The zero-order valence-corrected chi connectivity index (χ0v) is 22.6. The van der Waals surface area contributed by atoms with E-state index in [1.807, 2.05) is 25.1 Å². The summed E-state index contributed by atoms with van der Waals surface area (Å²) in [6.07, 6.45) is 2.45. The summed E-state index contributed by atoms with van der Waals surface area (Å²) in [6.45, 7) is 5.38. The van der Waals surface area contributed by atoms with E-state index in [0.29, 0.717) is 25.1 Å². The van der Waals surface area contributed by atoms with Gasteiger partial charge in [0.25, 0.3) is 0 Å². The number of Topliss-reactive ketones (excluding diaryl/α,β-unsaturated/α-hetero) is 1. The highest BCUT2D eigenvalue weighted by atomic mass is 32.2. The number of benzene rings is 1. The maximum absolute atomic E-state index is 12.9. The lowest BCUT2D eigenvalue weighted by Gasteiger charge is -2.17. The maximum atomic E-state index is 12.9. The highest BCUT2D eigenvalue weighted by Gasteiger charge is 2.28. The van der Waals surface area contributed by atoms with Crippen LogP contribution < -0.4 is 11.1 Å². The number of nitrogens with two attached hydrogens (primary N) is 1. The van der Waals surface area contributed by atoms with Gasteiger partial charge in [-0.25, -0.2) is 8.42 Å². The fraction of sp³-hybridized carbons (Fsp3) is 0.481. The fourth-order valence-electron chi connectivity index (χ4n) is 3.88. The van der Waals surface area contributed by atoms with Crippen LogP contribution in [0, 0.1) is 12.8 Å². The minimum Gasteiger partial charge on any atom is -0.462 e. The molecular formula is C27H37N3O6S. The summed E-state index contributed by atoms with van der Waals surface area (Å²) in [7, 11) is -3.92. The van der Waals surface area contributed by atoms with Gasteiger partial charge in [-0.2, -0.15) is 0 Å². The Hall–Kier alpha value is -3.11. The summed E-state index contributed by atoms with van der Waals surface area (Å²) in [5.41, 5.74) is 9.54. The molecule has 1 unspecified atom stereocenters. The number of hydrogen-bond donors (Lipinski definition) is 2. The molecule has 2 rings (SSSR count). The summed E-state index contributed by atoms with van der Waals surface area (Å²) >= 11 is 0. The molecule has 1 heterocycles. The van der Waals surface area contributed by atoms with Crippen molar-refractivity contribution in [2.75, 3.05) is 18.1 Å². The molecule has 0 aliphatic carbocycles. The molecule has 0 aliphatic heterocycles. The van der Waals surface area contributed by atoms with Crippen molar-refractivity contribution in [1.29, 1.82) is 0 Å². The molecule has 0 bridgehead atoms. The van der Waals surface area contributed by atoms with E-state index in [-0.39, 0.29) is 25.2 Å². The third-order valence-electron chi connectivity index (χ3n) is 5.72. The molecule has 0 spiro atoms. The minimum atomic E-state index is -3.92. The van der Waals surface area contributed by atoms with Gasteiger partial charge in [-0.15, -0.1) is 0 Å². The second-order valence-corrected chi connectivity index (χ2v) is 11.5. The van der Waals surface area contributed by atoms with E-state index in [0.717, 1.165) is 16.7 Å². The van der Waals surface area contributed by atoms with Crippen LogP contribution >= 0.6 is 0 Å². The van der Waals surface area contributed by atoms with E-state index in [1.165, 1.54) is 0 Å². The average molecular weight is 532 g/mol. The molecule has 37 heavy (non-hydrogen) atoms. The van der Waals surface area contributed by atoms with Gasteiger partial charge in [0.2, 0.25) is 5.91 Å². The van der Waals surface area contributed by atoms with Gasteiger partial charge < -0.3 is 15.8 Å². The molecule has 1 amide bonds. The van der Waals surface area contributed by atoms with Gasteiger partial charge in [-0.1, -0.05) is 29.8 Å². The highest BCUT2D eigenvalue weighted by molar-refractivity contribution is 7.92. The van der Waals surface area contributed by atoms with Gasteiger partial charge in [-0.05, 0) is 63.3 Å². The Kier molecular flexibility index (Phi) is 11.9. The Bertz CT molecular complexity index is 1170. The molecular weight excluding hydrogens is 494 g/mol. The number of carbonyl (C=O) groups is 3. The first-order chi connectivity index (χ1) is 17.5. The standard InChI is InChI=1S/C27H37N3O6S/c1-19(2)36-26(32)18-37(34,35)17-23(9-11-24-6-4-5-13-29-24)27(33)30-16-25(31)12-10-21-14-20(3)7-8-22(21)15-28/h4-8,13-14,19,23H,9-12,15-18,28H2,1-3H3,(H,30,33). The number of ketones is 1. The first-order valence-electron chi connectivity index (χ1n) is 12.4. The van der Waals surface area contributed by atoms with Crippen LogP contribution in [0.2, 0.25) is 0 Å². The number of ether oxygens (including phenoxy) is 1. The second kappa shape index (κ2) is 14.6. The molecule has 9 nitrogen and oxygen atoms in total. The van der Waals surface area contributed by atoms with Crippen molar-refractivity contribution in [2.45, 2.75) is 59.1 Å². The molecule has 0 fully saturated rings. The number of nitrogens with one attached hydrogen (secondary N) is 1. The Morgan fingerprint density at radius 3 is 2.49 bits per heavy atom. The van der Waals surface area contributed by atoms with Gasteiger partial charge in [0.1, 0.15) is 5.75 Å². The fourth-order valence-corrected chi connectivity index (χ4v) is 5.36. The summed E-state index contributed by atoms with van der Waals surface area (Å²) < 4.78 is 30.3. The zero-order chi connectivity index (χ0) is 27.4. The Morgan fingerprint density at radius 2 is 1.84 bits per heavy atom. The molecule has 0 saturated heterocycles. The van der Waals surface area contributed by atoms with Gasteiger partial charge >= 0.3 is 5.97 Å². The molecule has 0 aliphatic rings. The van der Waals surface area contributed by atoms with Crippen LogP contribution in [-0.2, 0) is 48.3 Å². The lowest BCUT2D eigenvalue weighted by atomic mass is 9.99. The van der Waals surface area contributed by atoms with Gasteiger partial charge in [0.15, 0.2) is 15.6 Å². The topological polar surface area (TPSA) is 146 Å². The number of carbonyl (C=O) groups excluding carboxylic acids is 3. The number of rotatable bonds is 15. The van der Waals surface area contributed by atoms with E-state index < -0.39 is 45.2 Å². The number of nitrogens with zero attached hydrogens (tertiary/aromatic N) is 1. The Labute approximate surface area is 219 Å². The quantitative estimate of drug-likeness (QED) is 0.332. The lowest BCUT2D eigenvalue weighted by molar-refractivity contribution is -0.144. The summed E-state index contributed by atoms with van der Waals surface area (Å²) in [5.74, 6) is -3.88. The molecule has 202 valence electrons. The number of hydrogen-bond acceptors (Lipinski definition) is 8. The number of pyridine rings is 1. The largest absolute Gasteiger partial charge is 0.462 e. The minimum absolute atomic E-state index is 0.176. The first kappa shape index (κ1) is 30.1. The molecule has 1 aromatic carbocycles. The van der Waals surface area contributed by atoms with Crippen molar-refractivity contribution in [3.8, 4) is 0 Å². The van der Waals surface area contributed by atoms with Gasteiger partial charge in [0.05, 0.1) is 24.3 Å². The van der Waals surface area contributed by atoms with Crippen molar-refractivity contribution in [2.24, 2.45) is 11.7 Å². The average Bonchev–Trinajstić information content (AvgIpc) is 2.83. The molecule has 0 radical (unpaired) electrons. The number of amides is 1. The monoisotopic (exact) mass is 531 g/mol. The van der Waals surface area contributed by atoms with Crippen molar-refractivity contribution < 1.29 is 27.5 Å². The molecule has 0 saturated carbocycles. The second-order valence-electron chi connectivity index (χ2n) is 9.38. The van der Waals surface area contributed by atoms with Crippen LogP contribution in [0.1, 0.15) is 49.1 Å². The van der Waals surface area contributed by atoms with Crippen LogP contribution in [0.25, 0.3) is 0 Å². The van der Waals surface area contributed by atoms with Crippen LogP contribution in [0.15, 0.2) is 42.6 Å². The van der Waals surface area contributed by atoms with Gasteiger partial charge in [-0.3, -0.25) is 19.4 Å². The third kappa shape index (κ3) is 11.2. The van der Waals surface area contributed by atoms with Gasteiger partial charge in [0, 0.05) is 24.9 Å². The molecule has 3 N–H and O–H groups in total. The van der Waals surface area contributed by atoms with Crippen LogP contribution in [-0.4, -0.2) is 55.2 Å². The first-order valence-corrected chi connectivity index (χ1v) is 14.2. The van der Waals surface area contributed by atoms with E-state index in [1.54, 1.807) is 38.2 Å². The molecule has 1 aromatic heterocycles. The molecule has 10 heteroatoms. The summed E-state index contributed by atoms with van der Waals surface area (Å²) in [6, 6.07) is 11.3. The maximum Gasteiger partial charge on any atom is 0.321 e. The molecule has 2 aromatic rings. The van der Waals surface area contributed by atoms with E-state index in [9.17, 15) is 22.8 Å². The highest BCUT2D eigenvalue weighted by Crippen LogP contribution is 2.15. The summed E-state index contributed by atoms with van der Waals surface area (Å²) in [5, 5.41) is 2.59. The van der Waals surface area contributed by atoms with Crippen molar-refractivity contribution >= 4 is 27.5 Å². The number of sulfone groups is 1. The number of aryl methyl sites for hydroxylation is 3. The van der Waals surface area contributed by atoms with Crippen LogP contribution in [0.3, 0.4) is 0 Å². The van der Waals surface area contributed by atoms with Crippen molar-refractivity contribution in [3.05, 3.63) is 65.0 Å². The normalized spacial score (nSPS) is 12.2.